The number of rotatable bonds is 6. The second-order valence-electron chi connectivity index (χ2n) is 3.75. The van der Waals surface area contributed by atoms with E-state index in [0.29, 0.717) is 0 Å². The molecule has 0 radical (unpaired) electrons. The second kappa shape index (κ2) is 6.91. The van der Waals surface area contributed by atoms with E-state index in [2.05, 4.69) is 25.3 Å². The quantitative estimate of drug-likeness (QED) is 0.747. The molecule has 0 fully saturated rings. The van der Waals surface area contributed by atoms with Crippen molar-refractivity contribution in [1.82, 2.24) is 0 Å². The summed E-state index contributed by atoms with van der Waals surface area (Å²) in [5.74, 6) is 1.13. The van der Waals surface area contributed by atoms with Crippen molar-refractivity contribution in [3.63, 3.8) is 0 Å². The summed E-state index contributed by atoms with van der Waals surface area (Å²) in [4.78, 5) is 0. The molecule has 0 amide bonds. The van der Waals surface area contributed by atoms with E-state index in [0.717, 1.165) is 30.6 Å². The van der Waals surface area contributed by atoms with Crippen LogP contribution in [0.4, 0.5) is 0 Å². The lowest BCUT2D eigenvalue weighted by atomic mass is 10.0. The largest absolute Gasteiger partial charge is 0.388 e. The molecule has 0 heterocycles. The molecular weight excluding hydrogens is 204 g/mol. The minimum atomic E-state index is -0.289. The fourth-order valence-corrected chi connectivity index (χ4v) is 2.02. The second-order valence-corrected chi connectivity index (χ2v) is 4.73. The highest BCUT2D eigenvalue weighted by Crippen LogP contribution is 2.19. The molecule has 0 spiro atoms. The maximum absolute atomic E-state index is 9.90. The maximum atomic E-state index is 9.90. The zero-order valence-electron chi connectivity index (χ0n) is 9.57. The topological polar surface area (TPSA) is 20.2 Å². The van der Waals surface area contributed by atoms with Gasteiger partial charge in [-0.25, -0.2) is 0 Å². The van der Waals surface area contributed by atoms with Crippen molar-refractivity contribution in [1.29, 1.82) is 0 Å². The number of aryl methyl sites for hydroxylation is 1. The zero-order valence-corrected chi connectivity index (χ0v) is 10.4. The van der Waals surface area contributed by atoms with E-state index in [1.807, 2.05) is 23.9 Å². The minimum absolute atomic E-state index is 0.289. The normalized spacial score (nSPS) is 12.7. The summed E-state index contributed by atoms with van der Waals surface area (Å²) >= 11 is 1.83. The first-order chi connectivity index (χ1) is 7.27. The Balaban J connectivity index is 2.46. The van der Waals surface area contributed by atoms with Crippen LogP contribution in [0, 0.1) is 0 Å². The molecular formula is C13H20OS. The van der Waals surface area contributed by atoms with Crippen LogP contribution in [0.2, 0.25) is 0 Å². The van der Waals surface area contributed by atoms with Gasteiger partial charge in [0, 0.05) is 0 Å². The van der Waals surface area contributed by atoms with Gasteiger partial charge in [0.2, 0.25) is 0 Å². The first kappa shape index (κ1) is 12.6. The van der Waals surface area contributed by atoms with E-state index < -0.39 is 0 Å². The predicted molar refractivity (Wildman–Crippen MR) is 68.4 cm³/mol. The van der Waals surface area contributed by atoms with E-state index in [1.54, 1.807) is 0 Å². The Morgan fingerprint density at radius 3 is 2.47 bits per heavy atom. The molecule has 1 aromatic carbocycles. The molecule has 84 valence electrons. The van der Waals surface area contributed by atoms with Crippen LogP contribution in [0.3, 0.4) is 0 Å². The highest BCUT2D eigenvalue weighted by Gasteiger charge is 2.06. The molecule has 0 saturated carbocycles. The molecule has 0 aromatic heterocycles. The van der Waals surface area contributed by atoms with Crippen molar-refractivity contribution in [2.45, 2.75) is 32.3 Å². The average molecular weight is 224 g/mol. The molecule has 0 aliphatic heterocycles. The van der Waals surface area contributed by atoms with Gasteiger partial charge in [-0.05, 0) is 42.4 Å². The molecule has 1 N–H and O–H groups in total. The Bertz CT molecular complexity index is 268. The molecule has 0 aliphatic rings. The Morgan fingerprint density at radius 1 is 1.27 bits per heavy atom. The third-order valence-electron chi connectivity index (χ3n) is 2.60. The Hall–Kier alpha value is -0.470. The predicted octanol–water partition coefficient (Wildman–Crippen LogP) is 3.43. The first-order valence-corrected chi connectivity index (χ1v) is 6.93. The lowest BCUT2D eigenvalue weighted by Crippen LogP contribution is -1.98. The molecule has 1 nitrogen and oxygen atoms in total. The van der Waals surface area contributed by atoms with Gasteiger partial charge in [0.05, 0.1) is 6.10 Å². The van der Waals surface area contributed by atoms with Gasteiger partial charge in [-0.1, -0.05) is 31.2 Å². The third-order valence-corrected chi connectivity index (χ3v) is 3.30. The monoisotopic (exact) mass is 224 g/mol. The standard InChI is InChI=1S/C13H20OS/c1-3-11-6-8-12(9-7-11)13(14)5-4-10-15-2/h6-9,13-14H,3-5,10H2,1-2H3. The van der Waals surface area contributed by atoms with Crippen molar-refractivity contribution < 1.29 is 5.11 Å². The highest BCUT2D eigenvalue weighted by molar-refractivity contribution is 7.98. The first-order valence-electron chi connectivity index (χ1n) is 5.53. The van der Waals surface area contributed by atoms with Crippen molar-refractivity contribution in [2.24, 2.45) is 0 Å². The zero-order chi connectivity index (χ0) is 11.1. The van der Waals surface area contributed by atoms with E-state index in [4.69, 9.17) is 0 Å². The average Bonchev–Trinajstić information content (AvgIpc) is 2.29. The van der Waals surface area contributed by atoms with E-state index in [9.17, 15) is 5.11 Å². The van der Waals surface area contributed by atoms with Crippen LogP contribution in [0.1, 0.15) is 37.0 Å². The van der Waals surface area contributed by atoms with Crippen LogP contribution in [0.25, 0.3) is 0 Å². The Kier molecular flexibility index (Phi) is 5.81. The fourth-order valence-electron chi connectivity index (χ4n) is 1.56. The van der Waals surface area contributed by atoms with Crippen LogP contribution < -0.4 is 0 Å². The number of thioether (sulfide) groups is 1. The summed E-state index contributed by atoms with van der Waals surface area (Å²) in [5, 5.41) is 9.90. The SMILES string of the molecule is CCc1ccc(C(O)CCCSC)cc1. The van der Waals surface area contributed by atoms with Crippen LogP contribution >= 0.6 is 11.8 Å². The summed E-state index contributed by atoms with van der Waals surface area (Å²) in [6.45, 7) is 2.14. The Labute approximate surface area is 96.9 Å². The highest BCUT2D eigenvalue weighted by atomic mass is 32.2. The molecule has 1 aromatic rings. The number of hydrogen-bond donors (Lipinski definition) is 1. The maximum Gasteiger partial charge on any atom is 0.0790 e. The fraction of sp³-hybridized carbons (Fsp3) is 0.538. The van der Waals surface area contributed by atoms with Crippen molar-refractivity contribution in [2.75, 3.05) is 12.0 Å². The van der Waals surface area contributed by atoms with Gasteiger partial charge >= 0.3 is 0 Å². The summed E-state index contributed by atoms with van der Waals surface area (Å²) in [6.07, 6.45) is 4.82. The van der Waals surface area contributed by atoms with Crippen molar-refractivity contribution >= 4 is 11.8 Å². The molecule has 0 saturated heterocycles. The number of aliphatic hydroxyl groups is 1. The summed E-state index contributed by atoms with van der Waals surface area (Å²) in [7, 11) is 0. The van der Waals surface area contributed by atoms with Gasteiger partial charge in [-0.2, -0.15) is 11.8 Å². The van der Waals surface area contributed by atoms with Gasteiger partial charge in [0.15, 0.2) is 0 Å². The van der Waals surface area contributed by atoms with E-state index in [1.165, 1.54) is 5.56 Å². The molecule has 15 heavy (non-hydrogen) atoms. The summed E-state index contributed by atoms with van der Waals surface area (Å²) < 4.78 is 0. The third kappa shape index (κ3) is 4.27. The smallest absolute Gasteiger partial charge is 0.0790 e. The molecule has 1 rings (SSSR count). The minimum Gasteiger partial charge on any atom is -0.388 e. The molecule has 0 bridgehead atoms. The van der Waals surface area contributed by atoms with Gasteiger partial charge in [-0.15, -0.1) is 0 Å². The van der Waals surface area contributed by atoms with E-state index >= 15 is 0 Å². The van der Waals surface area contributed by atoms with Gasteiger partial charge in [-0.3, -0.25) is 0 Å². The van der Waals surface area contributed by atoms with Crippen molar-refractivity contribution in [3.05, 3.63) is 35.4 Å². The number of hydrogen-bond acceptors (Lipinski definition) is 2. The number of aliphatic hydroxyl groups excluding tert-OH is 1. The van der Waals surface area contributed by atoms with Gasteiger partial charge < -0.3 is 5.11 Å². The summed E-state index contributed by atoms with van der Waals surface area (Å²) in [5.41, 5.74) is 2.38. The molecule has 2 heteroatoms. The van der Waals surface area contributed by atoms with E-state index in [-0.39, 0.29) is 6.10 Å². The number of benzene rings is 1. The van der Waals surface area contributed by atoms with Crippen LogP contribution in [-0.4, -0.2) is 17.1 Å². The molecule has 1 unspecified atom stereocenters. The molecule has 0 aliphatic carbocycles. The van der Waals surface area contributed by atoms with Crippen molar-refractivity contribution in [3.8, 4) is 0 Å². The van der Waals surface area contributed by atoms with Gasteiger partial charge in [0.1, 0.15) is 0 Å². The van der Waals surface area contributed by atoms with Crippen LogP contribution in [0.15, 0.2) is 24.3 Å². The van der Waals surface area contributed by atoms with Gasteiger partial charge in [0.25, 0.3) is 0 Å². The Morgan fingerprint density at radius 2 is 1.93 bits per heavy atom. The van der Waals surface area contributed by atoms with Crippen LogP contribution in [0.5, 0.6) is 0 Å². The summed E-state index contributed by atoms with van der Waals surface area (Å²) in [6, 6.07) is 8.30. The molecule has 1 atom stereocenters. The lowest BCUT2D eigenvalue weighted by Gasteiger charge is -2.10. The lowest BCUT2D eigenvalue weighted by molar-refractivity contribution is 0.167. The van der Waals surface area contributed by atoms with Crippen LogP contribution in [-0.2, 0) is 6.42 Å².